The number of nitrogens with zero attached hydrogens (tertiary/aromatic N) is 2. The number of fused-ring (bicyclic) bond motifs is 3. The highest BCUT2D eigenvalue weighted by molar-refractivity contribution is 6.10. The van der Waals surface area contributed by atoms with E-state index in [1.165, 1.54) is 0 Å². The van der Waals surface area contributed by atoms with Crippen LogP contribution in [0.15, 0.2) is 48.8 Å². The van der Waals surface area contributed by atoms with E-state index in [0.29, 0.717) is 5.56 Å². The largest absolute Gasteiger partial charge is 0.412 e. The number of hydrogen-bond donors (Lipinski definition) is 2. The molecule has 0 bridgehead atoms. The van der Waals surface area contributed by atoms with Crippen molar-refractivity contribution >= 4 is 51.5 Å². The van der Waals surface area contributed by atoms with Crippen molar-refractivity contribution in [3.63, 3.8) is 0 Å². The molecule has 0 amide bonds. The second-order valence-corrected chi connectivity index (χ2v) is 5.83. The Kier molecular flexibility index (Phi) is 5.59. The number of anilines is 2. The van der Waals surface area contributed by atoms with Crippen LogP contribution >= 0.6 is 12.4 Å². The number of rotatable bonds is 3. The van der Waals surface area contributed by atoms with E-state index in [4.69, 9.17) is 0 Å². The monoisotopic (exact) mass is 370 g/mol. The first-order valence-corrected chi connectivity index (χ1v) is 7.73. The summed E-state index contributed by atoms with van der Waals surface area (Å²) in [6.45, 7) is 3.53. The van der Waals surface area contributed by atoms with Gasteiger partial charge in [0.1, 0.15) is 0 Å². The van der Waals surface area contributed by atoms with Crippen molar-refractivity contribution in [1.82, 2.24) is 15.0 Å². The molecular formula is C19H19ClN4O2. The van der Waals surface area contributed by atoms with E-state index >= 15 is 0 Å². The maximum Gasteiger partial charge on any atom is 0.159 e. The second-order valence-electron chi connectivity index (χ2n) is 5.83. The van der Waals surface area contributed by atoms with Gasteiger partial charge in [-0.25, -0.2) is 4.98 Å². The van der Waals surface area contributed by atoms with E-state index in [9.17, 15) is 4.79 Å². The number of aromatic nitrogens is 3. The molecule has 2 aromatic heterocycles. The lowest BCUT2D eigenvalue weighted by Gasteiger charge is -2.12. The number of pyridine rings is 1. The molecule has 0 unspecified atom stereocenters. The molecule has 6 nitrogen and oxygen atoms in total. The first kappa shape index (κ1) is 19.4. The fourth-order valence-corrected chi connectivity index (χ4v) is 2.94. The number of benzene rings is 2. The molecule has 4 aromatic rings. The van der Waals surface area contributed by atoms with Crippen LogP contribution in [0.5, 0.6) is 0 Å². The molecule has 0 aliphatic rings. The highest BCUT2D eigenvalue weighted by Gasteiger charge is 2.11. The molecular weight excluding hydrogens is 352 g/mol. The molecule has 26 heavy (non-hydrogen) atoms. The van der Waals surface area contributed by atoms with Gasteiger partial charge in [-0.15, -0.1) is 12.4 Å². The molecule has 2 heterocycles. The van der Waals surface area contributed by atoms with Crippen LogP contribution in [0.4, 0.5) is 11.4 Å². The third-order valence-corrected chi connectivity index (χ3v) is 4.04. The summed E-state index contributed by atoms with van der Waals surface area (Å²) in [5, 5.41) is 4.41. The lowest BCUT2D eigenvalue weighted by atomic mass is 10.1. The number of carbonyl (C=O) groups is 1. The van der Waals surface area contributed by atoms with Gasteiger partial charge in [0, 0.05) is 22.3 Å². The molecule has 0 aliphatic heterocycles. The van der Waals surface area contributed by atoms with Gasteiger partial charge in [-0.1, -0.05) is 12.1 Å². The smallest absolute Gasteiger partial charge is 0.159 e. The first-order valence-electron chi connectivity index (χ1n) is 7.73. The van der Waals surface area contributed by atoms with E-state index in [-0.39, 0.29) is 23.7 Å². The van der Waals surface area contributed by atoms with Crippen LogP contribution < -0.4 is 5.32 Å². The summed E-state index contributed by atoms with van der Waals surface area (Å²) < 4.78 is 0. The predicted octanol–water partition coefficient (Wildman–Crippen LogP) is 3.96. The normalized spacial score (nSPS) is 10.2. The second kappa shape index (κ2) is 7.51. The van der Waals surface area contributed by atoms with Crippen LogP contribution in [0.3, 0.4) is 0 Å². The predicted molar refractivity (Wildman–Crippen MR) is 107 cm³/mol. The van der Waals surface area contributed by atoms with Crippen LogP contribution in [0.2, 0.25) is 0 Å². The Morgan fingerprint density at radius 3 is 2.65 bits per heavy atom. The molecule has 4 rings (SSSR count). The van der Waals surface area contributed by atoms with Crippen LogP contribution in [0.25, 0.3) is 21.9 Å². The number of carbonyl (C=O) groups excluding carboxylic acids is 1. The topological polar surface area (TPSA) is 102 Å². The number of H-pyrrole nitrogens is 1. The molecule has 7 heteroatoms. The Bertz CT molecular complexity index is 1090. The molecule has 0 spiro atoms. The van der Waals surface area contributed by atoms with Crippen molar-refractivity contribution < 1.29 is 10.3 Å². The number of imidazole rings is 1. The standard InChI is InChI=1S/C19H16N4O.ClH.H2O/c1-11-8-17(23-14-5-3-4-13(9-14)12(2)24)18-15(22-11)6-7-16-19(18)21-10-20-16;;/h3-10H,1-2H3,(H,20,21)(H,22,23);1H;1H2. The summed E-state index contributed by atoms with van der Waals surface area (Å²) in [7, 11) is 0. The van der Waals surface area contributed by atoms with Gasteiger partial charge in [0.05, 0.1) is 28.6 Å². The van der Waals surface area contributed by atoms with Crippen molar-refractivity contribution in [2.24, 2.45) is 0 Å². The van der Waals surface area contributed by atoms with Gasteiger partial charge in [-0.2, -0.15) is 0 Å². The van der Waals surface area contributed by atoms with Gasteiger partial charge in [0.2, 0.25) is 0 Å². The lowest BCUT2D eigenvalue weighted by Crippen LogP contribution is -1.98. The summed E-state index contributed by atoms with van der Waals surface area (Å²) >= 11 is 0. The summed E-state index contributed by atoms with van der Waals surface area (Å²) in [5.74, 6) is 0.0466. The Labute approximate surface area is 156 Å². The Morgan fingerprint density at radius 1 is 1.12 bits per heavy atom. The number of hydrogen-bond acceptors (Lipinski definition) is 4. The summed E-state index contributed by atoms with van der Waals surface area (Å²) in [6.07, 6.45) is 1.68. The van der Waals surface area contributed by atoms with E-state index in [1.54, 1.807) is 13.3 Å². The third-order valence-electron chi connectivity index (χ3n) is 4.04. The molecule has 0 aliphatic carbocycles. The van der Waals surface area contributed by atoms with Gasteiger partial charge in [0.15, 0.2) is 5.78 Å². The molecule has 0 saturated carbocycles. The fourth-order valence-electron chi connectivity index (χ4n) is 2.94. The van der Waals surface area contributed by atoms with E-state index in [2.05, 4.69) is 20.3 Å². The SMILES string of the molecule is CC(=O)c1cccc(Nc2cc(C)nc3ccc4nc[nH]c4c23)c1.Cl.O. The lowest BCUT2D eigenvalue weighted by molar-refractivity contribution is 0.101. The highest BCUT2D eigenvalue weighted by atomic mass is 35.5. The summed E-state index contributed by atoms with van der Waals surface area (Å²) in [5.41, 5.74) is 6.16. The number of aromatic amines is 1. The van der Waals surface area contributed by atoms with Gasteiger partial charge < -0.3 is 15.8 Å². The van der Waals surface area contributed by atoms with Crippen LogP contribution in [-0.4, -0.2) is 26.2 Å². The van der Waals surface area contributed by atoms with Gasteiger partial charge in [0.25, 0.3) is 0 Å². The number of aryl methyl sites for hydroxylation is 1. The maximum absolute atomic E-state index is 11.6. The molecule has 0 saturated heterocycles. The Morgan fingerprint density at radius 2 is 1.88 bits per heavy atom. The van der Waals surface area contributed by atoms with Crippen LogP contribution in [0.1, 0.15) is 23.0 Å². The Hall–Kier alpha value is -2.96. The number of ketones is 1. The fraction of sp³-hybridized carbons (Fsp3) is 0.105. The van der Waals surface area contributed by atoms with E-state index < -0.39 is 0 Å². The number of halogens is 1. The van der Waals surface area contributed by atoms with Crippen molar-refractivity contribution in [3.8, 4) is 0 Å². The minimum absolute atomic E-state index is 0. The molecule has 0 radical (unpaired) electrons. The molecule has 2 aromatic carbocycles. The number of nitrogens with one attached hydrogen (secondary N) is 2. The van der Waals surface area contributed by atoms with Crippen molar-refractivity contribution in [2.75, 3.05) is 5.32 Å². The maximum atomic E-state index is 11.6. The average Bonchev–Trinajstić information content (AvgIpc) is 3.03. The third kappa shape index (κ3) is 3.37. The van der Waals surface area contributed by atoms with Crippen LogP contribution in [-0.2, 0) is 0 Å². The van der Waals surface area contributed by atoms with Gasteiger partial charge in [-0.3, -0.25) is 9.78 Å². The zero-order chi connectivity index (χ0) is 16.7. The van der Waals surface area contributed by atoms with E-state index in [0.717, 1.165) is 39.0 Å². The van der Waals surface area contributed by atoms with Gasteiger partial charge >= 0.3 is 0 Å². The van der Waals surface area contributed by atoms with Crippen molar-refractivity contribution in [1.29, 1.82) is 0 Å². The van der Waals surface area contributed by atoms with Crippen molar-refractivity contribution in [2.45, 2.75) is 13.8 Å². The summed E-state index contributed by atoms with van der Waals surface area (Å²) in [4.78, 5) is 23.7. The molecule has 0 fully saturated rings. The van der Waals surface area contributed by atoms with Crippen molar-refractivity contribution in [3.05, 3.63) is 60.0 Å². The molecule has 0 atom stereocenters. The highest BCUT2D eigenvalue weighted by Crippen LogP contribution is 2.31. The zero-order valence-corrected chi connectivity index (χ0v) is 15.1. The minimum Gasteiger partial charge on any atom is -0.412 e. The zero-order valence-electron chi connectivity index (χ0n) is 14.3. The Balaban J connectivity index is 0.00000121. The van der Waals surface area contributed by atoms with E-state index in [1.807, 2.05) is 49.4 Å². The minimum atomic E-state index is 0. The molecule has 4 N–H and O–H groups in total. The van der Waals surface area contributed by atoms with Gasteiger partial charge in [-0.05, 0) is 44.2 Å². The summed E-state index contributed by atoms with van der Waals surface area (Å²) in [6, 6.07) is 13.4. The first-order chi connectivity index (χ1) is 11.6. The average molecular weight is 371 g/mol. The number of Topliss-reactive ketones (excluding diaryl/α,β-unsaturated/α-hetero) is 1. The van der Waals surface area contributed by atoms with Crippen LogP contribution in [0, 0.1) is 6.92 Å². The molecule has 134 valence electrons. The quantitative estimate of drug-likeness (QED) is 0.532.